The second-order valence-electron chi connectivity index (χ2n) is 6.67. The van der Waals surface area contributed by atoms with Crippen LogP contribution >= 0.6 is 11.6 Å². The summed E-state index contributed by atoms with van der Waals surface area (Å²) in [5.41, 5.74) is 3.70. The van der Waals surface area contributed by atoms with Gasteiger partial charge in [0.2, 0.25) is 0 Å². The maximum absolute atomic E-state index is 10.9. The van der Waals surface area contributed by atoms with Crippen molar-refractivity contribution in [3.63, 3.8) is 0 Å². The number of halogens is 1. The van der Waals surface area contributed by atoms with Gasteiger partial charge in [-0.25, -0.2) is 0 Å². The first-order valence-corrected chi connectivity index (χ1v) is 9.38. The van der Waals surface area contributed by atoms with Crippen LogP contribution in [0.3, 0.4) is 0 Å². The minimum absolute atomic E-state index is 0.0000137. The molecule has 28 heavy (non-hydrogen) atoms. The predicted molar refractivity (Wildman–Crippen MR) is 109 cm³/mol. The van der Waals surface area contributed by atoms with Gasteiger partial charge in [-0.2, -0.15) is 0 Å². The van der Waals surface area contributed by atoms with Crippen LogP contribution in [-0.4, -0.2) is 36.3 Å². The highest BCUT2D eigenvalue weighted by Crippen LogP contribution is 2.35. The first kappa shape index (κ1) is 18.3. The molecule has 1 fully saturated rings. The van der Waals surface area contributed by atoms with Crippen molar-refractivity contribution >= 4 is 28.7 Å². The number of nitro groups is 1. The molecule has 144 valence electrons. The average molecular weight is 399 g/mol. The Kier molecular flexibility index (Phi) is 4.92. The van der Waals surface area contributed by atoms with Crippen molar-refractivity contribution in [3.05, 3.63) is 69.4 Å². The summed E-state index contributed by atoms with van der Waals surface area (Å²) in [5.74, 6) is 0.792. The molecule has 0 atom stereocenters. The zero-order valence-corrected chi connectivity index (χ0v) is 16.1. The van der Waals surface area contributed by atoms with E-state index in [1.165, 1.54) is 12.1 Å². The smallest absolute Gasteiger partial charge is 0.271 e. The number of nitrogens with zero attached hydrogens (tertiary/aromatic N) is 4. The van der Waals surface area contributed by atoms with Gasteiger partial charge in [0.25, 0.3) is 5.69 Å². The van der Waals surface area contributed by atoms with Crippen LogP contribution < -0.4 is 9.80 Å². The van der Waals surface area contributed by atoms with Crippen molar-refractivity contribution in [3.8, 4) is 11.3 Å². The molecule has 1 aliphatic heterocycles. The van der Waals surface area contributed by atoms with Crippen LogP contribution in [0.5, 0.6) is 0 Å². The molecule has 0 N–H and O–H groups in total. The highest BCUT2D eigenvalue weighted by atomic mass is 35.5. The summed E-state index contributed by atoms with van der Waals surface area (Å²) < 4.78 is 5.48. The molecule has 4 rings (SSSR count). The number of hydrogen-bond donors (Lipinski definition) is 0. The highest BCUT2D eigenvalue weighted by molar-refractivity contribution is 6.33. The van der Waals surface area contributed by atoms with Crippen molar-refractivity contribution in [2.45, 2.75) is 6.92 Å². The first-order valence-electron chi connectivity index (χ1n) is 9.00. The second-order valence-corrected chi connectivity index (χ2v) is 7.08. The molecule has 0 spiro atoms. The maximum Gasteiger partial charge on any atom is 0.271 e. The fourth-order valence-electron chi connectivity index (χ4n) is 3.56. The van der Waals surface area contributed by atoms with Crippen LogP contribution in [0.4, 0.5) is 17.1 Å². The SMILES string of the molecule is Cc1onc(-c2ccccc2)c1N1CCN(c2ccc([N+](=O)[O-])cc2Cl)CC1. The number of benzene rings is 2. The van der Waals surface area contributed by atoms with E-state index < -0.39 is 4.92 Å². The summed E-state index contributed by atoms with van der Waals surface area (Å²) in [7, 11) is 0. The van der Waals surface area contributed by atoms with Crippen LogP contribution in [0.1, 0.15) is 5.76 Å². The number of aromatic nitrogens is 1. The topological polar surface area (TPSA) is 75.7 Å². The number of nitro benzene ring substituents is 1. The van der Waals surface area contributed by atoms with E-state index in [1.807, 2.05) is 37.3 Å². The molecular weight excluding hydrogens is 380 g/mol. The molecule has 0 amide bonds. The molecule has 0 bridgehead atoms. The lowest BCUT2D eigenvalue weighted by molar-refractivity contribution is -0.384. The Balaban J connectivity index is 1.53. The van der Waals surface area contributed by atoms with Gasteiger partial charge in [-0.05, 0) is 13.0 Å². The van der Waals surface area contributed by atoms with Gasteiger partial charge in [0, 0.05) is 43.9 Å². The summed E-state index contributed by atoms with van der Waals surface area (Å²) in [6.07, 6.45) is 0. The quantitative estimate of drug-likeness (QED) is 0.474. The molecule has 2 aromatic carbocycles. The Morgan fingerprint density at radius 1 is 1.07 bits per heavy atom. The molecule has 7 nitrogen and oxygen atoms in total. The van der Waals surface area contributed by atoms with E-state index in [0.29, 0.717) is 5.02 Å². The fraction of sp³-hybridized carbons (Fsp3) is 0.250. The molecule has 1 saturated heterocycles. The zero-order valence-electron chi connectivity index (χ0n) is 15.3. The number of aryl methyl sites for hydroxylation is 1. The van der Waals surface area contributed by atoms with Gasteiger partial charge >= 0.3 is 0 Å². The number of anilines is 2. The molecule has 0 radical (unpaired) electrons. The van der Waals surface area contributed by atoms with Gasteiger partial charge in [-0.3, -0.25) is 10.1 Å². The van der Waals surface area contributed by atoms with E-state index in [9.17, 15) is 10.1 Å². The van der Waals surface area contributed by atoms with E-state index in [2.05, 4.69) is 15.0 Å². The van der Waals surface area contributed by atoms with E-state index in [4.69, 9.17) is 16.1 Å². The number of piperazine rings is 1. The lowest BCUT2D eigenvalue weighted by Crippen LogP contribution is -2.46. The van der Waals surface area contributed by atoms with Gasteiger partial charge in [0.15, 0.2) is 5.76 Å². The molecule has 1 aromatic heterocycles. The molecular formula is C20H19ClN4O3. The number of rotatable bonds is 4. The first-order chi connectivity index (χ1) is 13.5. The van der Waals surface area contributed by atoms with Crippen LogP contribution in [0.15, 0.2) is 53.1 Å². The average Bonchev–Trinajstić information content (AvgIpc) is 3.10. The van der Waals surface area contributed by atoms with Gasteiger partial charge in [0.05, 0.1) is 15.6 Å². The Labute approximate surface area is 167 Å². The minimum Gasteiger partial charge on any atom is -0.367 e. The molecule has 0 unspecified atom stereocenters. The van der Waals surface area contributed by atoms with Crippen LogP contribution in [0.25, 0.3) is 11.3 Å². The molecule has 3 aromatic rings. The van der Waals surface area contributed by atoms with Gasteiger partial charge < -0.3 is 14.3 Å². The number of hydrogen-bond acceptors (Lipinski definition) is 6. The van der Waals surface area contributed by atoms with Gasteiger partial charge in [0.1, 0.15) is 11.4 Å². The largest absolute Gasteiger partial charge is 0.367 e. The highest BCUT2D eigenvalue weighted by Gasteiger charge is 2.26. The zero-order chi connectivity index (χ0) is 19.7. The van der Waals surface area contributed by atoms with E-state index >= 15 is 0 Å². The van der Waals surface area contributed by atoms with E-state index in [-0.39, 0.29) is 5.69 Å². The third kappa shape index (κ3) is 3.41. The molecule has 0 aliphatic carbocycles. The molecule has 8 heteroatoms. The Bertz CT molecular complexity index is 998. The Morgan fingerprint density at radius 3 is 2.39 bits per heavy atom. The molecule has 0 saturated carbocycles. The standard InChI is InChI=1S/C20H19ClN4O3/c1-14-20(19(22-28-14)15-5-3-2-4-6-15)24-11-9-23(10-12-24)18-8-7-16(25(26)27)13-17(18)21/h2-8,13H,9-12H2,1H3. The molecule has 2 heterocycles. The summed E-state index contributed by atoms with van der Waals surface area (Å²) in [4.78, 5) is 14.9. The minimum atomic E-state index is -0.437. The summed E-state index contributed by atoms with van der Waals surface area (Å²) in [5, 5.41) is 15.6. The third-order valence-electron chi connectivity index (χ3n) is 4.96. The summed E-state index contributed by atoms with van der Waals surface area (Å²) >= 11 is 6.29. The Morgan fingerprint density at radius 2 is 1.75 bits per heavy atom. The van der Waals surface area contributed by atoms with Crippen LogP contribution in [-0.2, 0) is 0 Å². The predicted octanol–water partition coefficient (Wildman–Crippen LogP) is 4.54. The lowest BCUT2D eigenvalue weighted by Gasteiger charge is -2.37. The van der Waals surface area contributed by atoms with Crippen LogP contribution in [0.2, 0.25) is 5.02 Å². The summed E-state index contributed by atoms with van der Waals surface area (Å²) in [6.45, 7) is 4.96. The van der Waals surface area contributed by atoms with Crippen molar-refractivity contribution in [1.29, 1.82) is 0 Å². The van der Waals surface area contributed by atoms with Crippen LogP contribution in [0, 0.1) is 17.0 Å². The maximum atomic E-state index is 10.9. The van der Waals surface area contributed by atoms with E-state index in [0.717, 1.165) is 54.6 Å². The van der Waals surface area contributed by atoms with Gasteiger partial charge in [-0.15, -0.1) is 0 Å². The van der Waals surface area contributed by atoms with Gasteiger partial charge in [-0.1, -0.05) is 47.1 Å². The van der Waals surface area contributed by atoms with Crippen molar-refractivity contribution in [1.82, 2.24) is 5.16 Å². The lowest BCUT2D eigenvalue weighted by atomic mass is 10.1. The third-order valence-corrected chi connectivity index (χ3v) is 5.26. The van der Waals surface area contributed by atoms with Crippen molar-refractivity contribution in [2.24, 2.45) is 0 Å². The molecule has 1 aliphatic rings. The van der Waals surface area contributed by atoms with Crippen molar-refractivity contribution in [2.75, 3.05) is 36.0 Å². The number of non-ortho nitro benzene ring substituents is 1. The fourth-order valence-corrected chi connectivity index (χ4v) is 3.86. The van der Waals surface area contributed by atoms with E-state index in [1.54, 1.807) is 6.07 Å². The van der Waals surface area contributed by atoms with Crippen molar-refractivity contribution < 1.29 is 9.45 Å². The summed E-state index contributed by atoms with van der Waals surface area (Å²) in [6, 6.07) is 14.6. The normalized spacial score (nSPS) is 14.4. The Hall–Kier alpha value is -3.06. The monoisotopic (exact) mass is 398 g/mol. The second kappa shape index (κ2) is 7.52.